The summed E-state index contributed by atoms with van der Waals surface area (Å²) in [5.41, 5.74) is 9.03. The molecule has 17 heteroatoms. The van der Waals surface area contributed by atoms with E-state index in [0.29, 0.717) is 67.5 Å². The number of carbonyl (C=O) groups is 5. The molecule has 1 saturated heterocycles. The van der Waals surface area contributed by atoms with Crippen LogP contribution in [0.4, 0.5) is 10.9 Å². The molecule has 2 aliphatic heterocycles. The number of hydrogen-bond donors (Lipinski definition) is 5. The van der Waals surface area contributed by atoms with Gasteiger partial charge in [-0.2, -0.15) is 0 Å². The molecule has 1 fully saturated rings. The second-order valence-electron chi connectivity index (χ2n) is 17.2. The fraction of sp³-hybridized carbons (Fsp3) is 0.347. The van der Waals surface area contributed by atoms with E-state index in [1.54, 1.807) is 41.5 Å². The van der Waals surface area contributed by atoms with Crippen molar-refractivity contribution in [2.24, 2.45) is 5.41 Å². The van der Waals surface area contributed by atoms with E-state index in [1.165, 1.54) is 21.8 Å². The molecule has 5 heterocycles. The molecule has 8 rings (SSSR count). The van der Waals surface area contributed by atoms with E-state index in [1.807, 2.05) is 65.9 Å². The summed E-state index contributed by atoms with van der Waals surface area (Å²) in [5, 5.41) is 27.6. The Hall–Kier alpha value is -6.56. The number of benzene rings is 3. The van der Waals surface area contributed by atoms with E-state index in [0.717, 1.165) is 45.6 Å². The van der Waals surface area contributed by atoms with Crippen molar-refractivity contribution in [3.8, 4) is 10.4 Å². The smallest absolute Gasteiger partial charge is 0.354 e. The van der Waals surface area contributed by atoms with Gasteiger partial charge < -0.3 is 30.6 Å². The summed E-state index contributed by atoms with van der Waals surface area (Å²) in [7, 11) is 1.55. The molecule has 0 aliphatic carbocycles. The van der Waals surface area contributed by atoms with Crippen LogP contribution < -0.4 is 20.9 Å². The molecular formula is C49H56N8O7S2. The van der Waals surface area contributed by atoms with Crippen LogP contribution in [0.25, 0.3) is 20.7 Å². The number of β-amino-alcohol motifs (C(OH)–C–C–N with tert-alkyl or cyclic N) is 1. The van der Waals surface area contributed by atoms with Gasteiger partial charge in [-0.15, -0.1) is 11.3 Å². The minimum absolute atomic E-state index is 0.0463. The summed E-state index contributed by atoms with van der Waals surface area (Å²) in [6.45, 7) is 11.0. The first-order valence-corrected chi connectivity index (χ1v) is 23.4. The Bertz CT molecular complexity index is 2630. The zero-order chi connectivity index (χ0) is 47.4. The Morgan fingerprint density at radius 3 is 2.38 bits per heavy atom. The number of aliphatic hydroxyl groups excluding tert-OH is 1. The van der Waals surface area contributed by atoms with Crippen molar-refractivity contribution < 1.29 is 34.2 Å². The number of carboxylic acids is 1. The normalized spacial score (nSPS) is 14.2. The quantitative estimate of drug-likeness (QED) is 0.0772. The molecule has 0 radical (unpaired) electrons. The Morgan fingerprint density at radius 1 is 0.955 bits per heavy atom. The predicted octanol–water partition coefficient (Wildman–Crippen LogP) is 7.26. The number of nitrogens with one attached hydrogen (secondary N) is 3. The summed E-state index contributed by atoms with van der Waals surface area (Å²) in [4.78, 5) is 76.7. The van der Waals surface area contributed by atoms with Crippen LogP contribution in [0.15, 0.2) is 84.4 Å². The van der Waals surface area contributed by atoms with Crippen LogP contribution in [-0.4, -0.2) is 93.0 Å². The van der Waals surface area contributed by atoms with Crippen LogP contribution in [0.2, 0.25) is 0 Å². The number of aromatic carboxylic acids is 1. The van der Waals surface area contributed by atoms with E-state index in [2.05, 4.69) is 63.8 Å². The van der Waals surface area contributed by atoms with Crippen molar-refractivity contribution >= 4 is 73.9 Å². The van der Waals surface area contributed by atoms with Crippen LogP contribution in [0.3, 0.4) is 0 Å². The monoisotopic (exact) mass is 932 g/mol. The van der Waals surface area contributed by atoms with Crippen molar-refractivity contribution in [2.75, 3.05) is 36.9 Å². The first-order valence-electron chi connectivity index (χ1n) is 21.7. The van der Waals surface area contributed by atoms with E-state index in [-0.39, 0.29) is 47.8 Å². The number of fused-ring (bicyclic) bond motifs is 2. The Kier molecular flexibility index (Phi) is 16.7. The third-order valence-corrected chi connectivity index (χ3v) is 12.9. The lowest BCUT2D eigenvalue weighted by atomic mass is 9.92. The highest BCUT2D eigenvalue weighted by Crippen LogP contribution is 2.31. The van der Waals surface area contributed by atoms with Gasteiger partial charge in [0.2, 0.25) is 18.2 Å². The van der Waals surface area contributed by atoms with E-state index >= 15 is 0 Å². The lowest BCUT2D eigenvalue weighted by Gasteiger charge is -2.31. The number of nitrogens with zero attached hydrogens (tertiary/aromatic N) is 5. The number of aromatic nitrogens is 3. The van der Waals surface area contributed by atoms with Crippen molar-refractivity contribution in [3.63, 3.8) is 0 Å². The topological polar surface area (TPSA) is 207 Å². The Balaban J connectivity index is 0.000000203. The second-order valence-corrected chi connectivity index (χ2v) is 19.1. The summed E-state index contributed by atoms with van der Waals surface area (Å²) in [5.74, 6) is -0.842. The summed E-state index contributed by atoms with van der Waals surface area (Å²) in [6, 6.07) is 25.1. The van der Waals surface area contributed by atoms with Gasteiger partial charge in [0.1, 0.15) is 5.82 Å². The van der Waals surface area contributed by atoms with Gasteiger partial charge in [0, 0.05) is 58.2 Å². The van der Waals surface area contributed by atoms with Crippen molar-refractivity contribution in [3.05, 3.63) is 124 Å². The third-order valence-electron chi connectivity index (χ3n) is 11.0. The highest BCUT2D eigenvalue weighted by molar-refractivity contribution is 7.22. The molecule has 0 spiro atoms. The third kappa shape index (κ3) is 13.3. The lowest BCUT2D eigenvalue weighted by Crippen LogP contribution is -2.33. The number of para-hydroxylation sites is 1. The number of carbonyl (C=O) groups excluding carboxylic acids is 4. The molecule has 6 aromatic rings. The number of thiazole rings is 2. The molecule has 2 aliphatic rings. The maximum Gasteiger partial charge on any atom is 0.354 e. The van der Waals surface area contributed by atoms with Crippen LogP contribution in [0.1, 0.15) is 88.8 Å². The van der Waals surface area contributed by atoms with Gasteiger partial charge in [-0.3, -0.25) is 24.5 Å². The van der Waals surface area contributed by atoms with Crippen LogP contribution in [0, 0.1) is 12.3 Å². The number of pyridine rings is 1. The number of anilines is 2. The van der Waals surface area contributed by atoms with Crippen LogP contribution >= 0.6 is 22.7 Å². The van der Waals surface area contributed by atoms with Crippen LogP contribution in [-0.2, 0) is 40.3 Å². The molecule has 4 amide bonds. The van der Waals surface area contributed by atoms with E-state index in [9.17, 15) is 34.2 Å². The number of amides is 4. The standard InChI is InChI=1S/C27H25N5O4S.C12H12N2OS.C10H19NO2/c1-28-23(33)12-10-17-9-11-22(30-24(17)26(35)36)32-14-13-16-5-4-6-18(19(16)15-32)25(34)31-27-29-20-7-2-3-8-21(20)37-27;1-9-12(16-8-14-9)11-4-2-10(3-5-11)6-13-7-15;1-10(2,3)6-9(13)11-5-4-8(12)7-11/h2-9,11H,10,12-15H2,1H3,(H,28,33)(H,35,36)(H,29,31,34);2-5,7-8H,6H2,1H3,(H,13,15);8,12H,4-7H2,1-3H3. The van der Waals surface area contributed by atoms with Gasteiger partial charge in [-0.25, -0.2) is 19.7 Å². The molecule has 5 N–H and O–H groups in total. The van der Waals surface area contributed by atoms with Crippen molar-refractivity contribution in [2.45, 2.75) is 79.0 Å². The predicted molar refractivity (Wildman–Crippen MR) is 259 cm³/mol. The minimum Gasteiger partial charge on any atom is -0.477 e. The lowest BCUT2D eigenvalue weighted by molar-refractivity contribution is -0.132. The van der Waals surface area contributed by atoms with E-state index < -0.39 is 5.97 Å². The zero-order valence-corrected chi connectivity index (χ0v) is 39.4. The van der Waals surface area contributed by atoms with Gasteiger partial charge in [-0.05, 0) is 83.7 Å². The van der Waals surface area contributed by atoms with Crippen molar-refractivity contribution in [1.29, 1.82) is 0 Å². The first-order chi connectivity index (χ1) is 31.6. The average Bonchev–Trinajstić information content (AvgIpc) is 4.06. The largest absolute Gasteiger partial charge is 0.477 e. The first kappa shape index (κ1) is 48.9. The van der Waals surface area contributed by atoms with Crippen molar-refractivity contribution in [1.82, 2.24) is 30.5 Å². The van der Waals surface area contributed by atoms with Gasteiger partial charge in [-0.1, -0.05) is 86.7 Å². The maximum atomic E-state index is 13.3. The average molecular weight is 933 g/mol. The van der Waals surface area contributed by atoms with Gasteiger partial charge in [0.15, 0.2) is 10.8 Å². The zero-order valence-electron chi connectivity index (χ0n) is 37.8. The molecule has 66 heavy (non-hydrogen) atoms. The molecule has 3 aromatic carbocycles. The van der Waals surface area contributed by atoms with Crippen LogP contribution in [0.5, 0.6) is 0 Å². The fourth-order valence-corrected chi connectivity index (χ4v) is 9.21. The molecule has 346 valence electrons. The summed E-state index contributed by atoms with van der Waals surface area (Å²) in [6.07, 6.45) is 2.87. The number of carboxylic acid groups (broad SMARTS) is 1. The molecule has 0 bridgehead atoms. The highest BCUT2D eigenvalue weighted by Gasteiger charge is 2.28. The molecule has 0 saturated carbocycles. The number of aliphatic hydroxyl groups is 1. The Morgan fingerprint density at radius 2 is 1.73 bits per heavy atom. The molecule has 1 unspecified atom stereocenters. The molecular weight excluding hydrogens is 877 g/mol. The highest BCUT2D eigenvalue weighted by atomic mass is 32.1. The SMILES string of the molecule is CC(C)(C)CC(=O)N1CCC(O)C1.CNC(=O)CCc1ccc(N2CCc3cccc(C(=O)Nc4nc5ccccc5s4)c3C2)nc1C(=O)O.Cc1ncsc1-c1ccc(CNC=O)cc1. The summed E-state index contributed by atoms with van der Waals surface area (Å²) >= 11 is 3.07. The summed E-state index contributed by atoms with van der Waals surface area (Å²) < 4.78 is 0.998. The second kappa shape index (κ2) is 22.6. The maximum absolute atomic E-state index is 13.3. The molecule has 3 aromatic heterocycles. The van der Waals surface area contributed by atoms with Gasteiger partial charge in [0.05, 0.1) is 32.4 Å². The number of hydrogen-bond acceptors (Lipinski definition) is 12. The number of likely N-dealkylation sites (tertiary alicyclic amines) is 1. The van der Waals surface area contributed by atoms with E-state index in [4.69, 9.17) is 0 Å². The minimum atomic E-state index is -1.14. The number of aryl methyl sites for hydroxylation is 2. The van der Waals surface area contributed by atoms with Gasteiger partial charge in [0.25, 0.3) is 5.91 Å². The molecule has 15 nitrogen and oxygen atoms in total. The molecule has 1 atom stereocenters. The fourth-order valence-electron chi connectivity index (χ4n) is 7.54. The number of rotatable bonds is 12. The Labute approximate surface area is 392 Å². The van der Waals surface area contributed by atoms with Gasteiger partial charge >= 0.3 is 5.97 Å².